The van der Waals surface area contributed by atoms with Gasteiger partial charge < -0.3 is 8.83 Å². The Bertz CT molecular complexity index is 3160. The van der Waals surface area contributed by atoms with Crippen molar-refractivity contribution in [2.45, 2.75) is 0 Å². The van der Waals surface area contributed by atoms with Crippen LogP contribution in [0.15, 0.2) is 154 Å². The highest BCUT2D eigenvalue weighted by Gasteiger charge is 2.21. The first kappa shape index (κ1) is 28.2. The van der Waals surface area contributed by atoms with Gasteiger partial charge in [0, 0.05) is 53.2 Å². The Labute approximate surface area is 294 Å². The van der Waals surface area contributed by atoms with Crippen molar-refractivity contribution in [3.05, 3.63) is 146 Å². The Balaban J connectivity index is 1.13. The second-order valence-corrected chi connectivity index (χ2v) is 13.7. The van der Waals surface area contributed by atoms with Gasteiger partial charge >= 0.3 is 0 Å². The molecule has 11 rings (SSSR count). The molecule has 0 aliphatic heterocycles. The third kappa shape index (κ3) is 4.49. The fourth-order valence-electron chi connectivity index (χ4n) is 7.17. The second-order valence-electron chi connectivity index (χ2n) is 12.6. The van der Waals surface area contributed by atoms with Crippen molar-refractivity contribution in [1.82, 2.24) is 19.9 Å². The SMILES string of the molecule is c1ccc(-c2nc(-c3cccc4oc5ccccc5c34)nc(-c3cccc4sc5cc6nc(-c7ccc8ccccc8c7)oc6cc5c34)n2)cc1. The Hall–Kier alpha value is -6.70. The van der Waals surface area contributed by atoms with Crippen molar-refractivity contribution < 1.29 is 8.83 Å². The third-order valence-corrected chi connectivity index (χ3v) is 10.7. The standard InChI is InChI=1S/C44H24N4O2S/c1-2-11-26(12-3-1)41-46-42(30-15-8-18-35-39(30)29-14-6-7-17-34(29)49-35)48-43(47-41)31-16-9-19-37-40(31)32-23-36-33(24-38(32)51-37)45-44(50-36)28-21-20-25-10-4-5-13-27(25)22-28/h1-24H. The van der Waals surface area contributed by atoms with E-state index in [4.69, 9.17) is 28.8 Å². The highest BCUT2D eigenvalue weighted by molar-refractivity contribution is 7.26. The van der Waals surface area contributed by atoms with Gasteiger partial charge in [-0.2, -0.15) is 0 Å². The van der Waals surface area contributed by atoms with Crippen LogP contribution in [0.1, 0.15) is 0 Å². The molecule has 0 bridgehead atoms. The van der Waals surface area contributed by atoms with E-state index in [0.29, 0.717) is 23.4 Å². The van der Waals surface area contributed by atoms with E-state index >= 15 is 0 Å². The van der Waals surface area contributed by atoms with Crippen LogP contribution in [0.5, 0.6) is 0 Å². The second kappa shape index (κ2) is 10.9. The molecule has 6 nitrogen and oxygen atoms in total. The summed E-state index contributed by atoms with van der Waals surface area (Å²) in [5, 5.41) is 6.49. The van der Waals surface area contributed by atoms with Crippen LogP contribution in [-0.4, -0.2) is 19.9 Å². The number of oxazole rings is 1. The summed E-state index contributed by atoms with van der Waals surface area (Å²) in [6.07, 6.45) is 0. The normalized spacial score (nSPS) is 11.9. The molecular formula is C44H24N4O2S. The lowest BCUT2D eigenvalue weighted by atomic mass is 10.0. The van der Waals surface area contributed by atoms with E-state index in [1.807, 2.05) is 66.7 Å². The molecule has 7 aromatic carbocycles. The topological polar surface area (TPSA) is 77.8 Å². The first-order valence-electron chi connectivity index (χ1n) is 16.7. The van der Waals surface area contributed by atoms with Crippen LogP contribution in [0.4, 0.5) is 0 Å². The van der Waals surface area contributed by atoms with Gasteiger partial charge in [-0.05, 0) is 53.2 Å². The molecule has 0 aliphatic carbocycles. The predicted molar refractivity (Wildman–Crippen MR) is 207 cm³/mol. The summed E-state index contributed by atoms with van der Waals surface area (Å²) >= 11 is 1.73. The van der Waals surface area contributed by atoms with Crippen molar-refractivity contribution in [3.63, 3.8) is 0 Å². The molecule has 0 N–H and O–H groups in total. The Morgan fingerprint density at radius 3 is 2.02 bits per heavy atom. The van der Waals surface area contributed by atoms with Crippen LogP contribution in [0, 0.1) is 0 Å². The molecule has 0 amide bonds. The Morgan fingerprint density at radius 2 is 1.14 bits per heavy atom. The molecule has 0 fully saturated rings. The van der Waals surface area contributed by atoms with Crippen molar-refractivity contribution >= 4 is 75.3 Å². The number of furan rings is 1. The van der Waals surface area contributed by atoms with Gasteiger partial charge in [0.1, 0.15) is 16.7 Å². The molecule has 0 saturated carbocycles. The van der Waals surface area contributed by atoms with Crippen LogP contribution in [0.25, 0.3) is 110 Å². The molecule has 0 saturated heterocycles. The Morgan fingerprint density at radius 1 is 0.412 bits per heavy atom. The largest absolute Gasteiger partial charge is 0.456 e. The van der Waals surface area contributed by atoms with Crippen LogP contribution < -0.4 is 0 Å². The first-order valence-corrected chi connectivity index (χ1v) is 17.5. The molecule has 238 valence electrons. The van der Waals surface area contributed by atoms with Crippen LogP contribution in [0.2, 0.25) is 0 Å². The summed E-state index contributed by atoms with van der Waals surface area (Å²) in [6, 6.07) is 49.4. The number of hydrogen-bond acceptors (Lipinski definition) is 7. The minimum absolute atomic E-state index is 0.588. The van der Waals surface area contributed by atoms with E-state index in [0.717, 1.165) is 80.9 Å². The molecule has 4 aromatic heterocycles. The van der Waals surface area contributed by atoms with Crippen molar-refractivity contribution in [2.24, 2.45) is 0 Å². The molecule has 0 spiro atoms. The fraction of sp³-hybridized carbons (Fsp3) is 0. The molecule has 0 aliphatic rings. The number of aromatic nitrogens is 4. The quantitative estimate of drug-likeness (QED) is 0.185. The van der Waals surface area contributed by atoms with E-state index in [-0.39, 0.29) is 0 Å². The summed E-state index contributed by atoms with van der Waals surface area (Å²) in [4.78, 5) is 20.3. The summed E-state index contributed by atoms with van der Waals surface area (Å²) in [5.41, 5.74) is 6.87. The van der Waals surface area contributed by atoms with Crippen molar-refractivity contribution in [1.29, 1.82) is 0 Å². The van der Waals surface area contributed by atoms with E-state index in [1.165, 1.54) is 5.39 Å². The molecule has 11 aromatic rings. The average Bonchev–Trinajstić information content (AvgIpc) is 3.89. The van der Waals surface area contributed by atoms with E-state index in [1.54, 1.807) is 11.3 Å². The van der Waals surface area contributed by atoms with Gasteiger partial charge in [0.2, 0.25) is 5.89 Å². The van der Waals surface area contributed by atoms with Gasteiger partial charge in [-0.1, -0.05) is 103 Å². The number of hydrogen-bond donors (Lipinski definition) is 0. The maximum atomic E-state index is 6.44. The van der Waals surface area contributed by atoms with Gasteiger partial charge in [0.05, 0.1) is 0 Å². The number of fused-ring (bicyclic) bond motifs is 8. The minimum Gasteiger partial charge on any atom is -0.456 e. The van der Waals surface area contributed by atoms with Gasteiger partial charge in [0.15, 0.2) is 23.1 Å². The molecular weight excluding hydrogens is 649 g/mol. The minimum atomic E-state index is 0.588. The number of para-hydroxylation sites is 1. The monoisotopic (exact) mass is 672 g/mol. The highest BCUT2D eigenvalue weighted by Crippen LogP contribution is 2.43. The lowest BCUT2D eigenvalue weighted by Gasteiger charge is -2.10. The molecule has 0 atom stereocenters. The molecule has 0 unspecified atom stereocenters. The van der Waals surface area contributed by atoms with Crippen LogP contribution >= 0.6 is 11.3 Å². The van der Waals surface area contributed by atoms with Crippen molar-refractivity contribution in [2.75, 3.05) is 0 Å². The van der Waals surface area contributed by atoms with Gasteiger partial charge in [-0.25, -0.2) is 19.9 Å². The molecule has 4 heterocycles. The zero-order valence-corrected chi connectivity index (χ0v) is 27.7. The van der Waals surface area contributed by atoms with Gasteiger partial charge in [-0.3, -0.25) is 0 Å². The number of benzene rings is 7. The lowest BCUT2D eigenvalue weighted by molar-refractivity contribution is 0.620. The van der Waals surface area contributed by atoms with E-state index < -0.39 is 0 Å². The highest BCUT2D eigenvalue weighted by atomic mass is 32.1. The first-order chi connectivity index (χ1) is 25.2. The number of rotatable bonds is 4. The smallest absolute Gasteiger partial charge is 0.227 e. The maximum Gasteiger partial charge on any atom is 0.227 e. The van der Waals surface area contributed by atoms with Gasteiger partial charge in [-0.15, -0.1) is 11.3 Å². The fourth-order valence-corrected chi connectivity index (χ4v) is 8.32. The summed E-state index contributed by atoms with van der Waals surface area (Å²) < 4.78 is 14.9. The zero-order valence-electron chi connectivity index (χ0n) is 26.9. The Kier molecular flexibility index (Phi) is 6.02. The predicted octanol–water partition coefficient (Wildman–Crippen LogP) is 12.1. The summed E-state index contributed by atoms with van der Waals surface area (Å²) in [5.74, 6) is 2.40. The maximum absolute atomic E-state index is 6.44. The van der Waals surface area contributed by atoms with E-state index in [9.17, 15) is 0 Å². The number of thiophene rings is 1. The summed E-state index contributed by atoms with van der Waals surface area (Å²) in [6.45, 7) is 0. The van der Waals surface area contributed by atoms with E-state index in [2.05, 4.69) is 78.9 Å². The molecule has 51 heavy (non-hydrogen) atoms. The molecule has 7 heteroatoms. The zero-order chi connectivity index (χ0) is 33.5. The van der Waals surface area contributed by atoms with Crippen LogP contribution in [-0.2, 0) is 0 Å². The van der Waals surface area contributed by atoms with Crippen molar-refractivity contribution in [3.8, 4) is 45.6 Å². The van der Waals surface area contributed by atoms with Gasteiger partial charge in [0.25, 0.3) is 0 Å². The third-order valence-electron chi connectivity index (χ3n) is 9.55. The number of nitrogens with zero attached hydrogens (tertiary/aromatic N) is 4. The molecule has 0 radical (unpaired) electrons. The lowest BCUT2D eigenvalue weighted by Crippen LogP contribution is -2.00. The summed E-state index contributed by atoms with van der Waals surface area (Å²) in [7, 11) is 0. The average molecular weight is 673 g/mol. The van der Waals surface area contributed by atoms with Crippen LogP contribution in [0.3, 0.4) is 0 Å².